The molecule has 2 aromatic carbocycles. The van der Waals surface area contributed by atoms with Crippen LogP contribution in [0.15, 0.2) is 65.1 Å². The van der Waals surface area contributed by atoms with Crippen LogP contribution in [-0.4, -0.2) is 22.2 Å². The summed E-state index contributed by atoms with van der Waals surface area (Å²) in [6, 6.07) is 19.4. The number of nitrogens with zero attached hydrogens (tertiary/aromatic N) is 3. The van der Waals surface area contributed by atoms with Gasteiger partial charge < -0.3 is 9.64 Å². The molecule has 4 rings (SSSR count). The van der Waals surface area contributed by atoms with E-state index in [4.69, 9.17) is 4.74 Å². The fourth-order valence-corrected chi connectivity index (χ4v) is 3.25. The van der Waals surface area contributed by atoms with Crippen molar-refractivity contribution in [2.45, 2.75) is 13.2 Å². The Labute approximate surface area is 154 Å². The summed E-state index contributed by atoms with van der Waals surface area (Å²) in [4.78, 5) is 14.6. The molecule has 3 aromatic rings. The van der Waals surface area contributed by atoms with Crippen molar-refractivity contribution in [2.75, 3.05) is 11.4 Å². The van der Waals surface area contributed by atoms with Crippen LogP contribution in [0.3, 0.4) is 0 Å². The first kappa shape index (κ1) is 15.9. The summed E-state index contributed by atoms with van der Waals surface area (Å²) in [7, 11) is 0. The molecule has 0 aliphatic carbocycles. The van der Waals surface area contributed by atoms with E-state index in [0.29, 0.717) is 31.3 Å². The Kier molecular flexibility index (Phi) is 4.28. The molecule has 0 saturated heterocycles. The molecule has 0 fully saturated rings. The van der Waals surface area contributed by atoms with Crippen LogP contribution in [0, 0.1) is 0 Å². The maximum atomic E-state index is 12.8. The molecule has 0 N–H and O–H groups in total. The second-order valence-corrected chi connectivity index (χ2v) is 6.72. The summed E-state index contributed by atoms with van der Waals surface area (Å²) in [5.74, 6) is 0.412. The standard InChI is InChI=1S/C19H16BrN3O2/c20-15-7-4-8-16(11-15)22-9-10-23-17(19(22)24)12-18(21-23)25-13-14-5-2-1-3-6-14/h1-8,11-12H,9-10,13H2. The van der Waals surface area contributed by atoms with E-state index in [2.05, 4.69) is 21.0 Å². The van der Waals surface area contributed by atoms with E-state index < -0.39 is 0 Å². The van der Waals surface area contributed by atoms with Crippen LogP contribution in [0.4, 0.5) is 5.69 Å². The third-order valence-corrected chi connectivity index (χ3v) is 4.60. The number of hydrogen-bond donors (Lipinski definition) is 0. The van der Waals surface area contributed by atoms with Gasteiger partial charge in [-0.3, -0.25) is 9.48 Å². The van der Waals surface area contributed by atoms with Crippen molar-refractivity contribution in [1.82, 2.24) is 9.78 Å². The zero-order chi connectivity index (χ0) is 17.2. The van der Waals surface area contributed by atoms with Crippen molar-refractivity contribution in [3.63, 3.8) is 0 Å². The summed E-state index contributed by atoms with van der Waals surface area (Å²) >= 11 is 3.45. The van der Waals surface area contributed by atoms with Crippen LogP contribution in [0.5, 0.6) is 5.88 Å². The Bertz CT molecular complexity index is 908. The highest BCUT2D eigenvalue weighted by Gasteiger charge is 2.28. The van der Waals surface area contributed by atoms with E-state index in [1.54, 1.807) is 15.6 Å². The minimum atomic E-state index is -0.0635. The van der Waals surface area contributed by atoms with Gasteiger partial charge in [0.15, 0.2) is 0 Å². The molecule has 0 saturated carbocycles. The number of benzene rings is 2. The van der Waals surface area contributed by atoms with Crippen LogP contribution < -0.4 is 9.64 Å². The van der Waals surface area contributed by atoms with Crippen molar-refractivity contribution >= 4 is 27.5 Å². The Hall–Kier alpha value is -2.60. The van der Waals surface area contributed by atoms with Crippen LogP contribution in [0.1, 0.15) is 16.1 Å². The maximum Gasteiger partial charge on any atom is 0.276 e. The van der Waals surface area contributed by atoms with Gasteiger partial charge in [-0.15, -0.1) is 5.10 Å². The van der Waals surface area contributed by atoms with Gasteiger partial charge in [0.1, 0.15) is 12.3 Å². The molecule has 126 valence electrons. The molecule has 1 aliphatic heterocycles. The summed E-state index contributed by atoms with van der Waals surface area (Å²) in [5, 5.41) is 4.40. The lowest BCUT2D eigenvalue weighted by Crippen LogP contribution is -2.40. The highest BCUT2D eigenvalue weighted by molar-refractivity contribution is 9.10. The number of ether oxygens (including phenoxy) is 1. The van der Waals surface area contributed by atoms with Crippen LogP contribution in [0.2, 0.25) is 0 Å². The second-order valence-electron chi connectivity index (χ2n) is 5.80. The van der Waals surface area contributed by atoms with Gasteiger partial charge in [0, 0.05) is 22.8 Å². The lowest BCUT2D eigenvalue weighted by atomic mass is 10.2. The molecule has 25 heavy (non-hydrogen) atoms. The van der Waals surface area contributed by atoms with E-state index in [0.717, 1.165) is 15.7 Å². The van der Waals surface area contributed by atoms with E-state index >= 15 is 0 Å². The SMILES string of the molecule is O=C1c2cc(OCc3ccccc3)nn2CCN1c1cccc(Br)c1. The molecule has 0 spiro atoms. The van der Waals surface area contributed by atoms with Crippen LogP contribution in [-0.2, 0) is 13.2 Å². The molecule has 0 radical (unpaired) electrons. The zero-order valence-corrected chi connectivity index (χ0v) is 15.0. The minimum Gasteiger partial charge on any atom is -0.472 e. The first-order chi connectivity index (χ1) is 12.2. The quantitative estimate of drug-likeness (QED) is 0.670. The lowest BCUT2D eigenvalue weighted by molar-refractivity contribution is 0.0962. The number of fused-ring (bicyclic) bond motifs is 1. The molecular weight excluding hydrogens is 382 g/mol. The van der Waals surface area contributed by atoms with Crippen molar-refractivity contribution in [2.24, 2.45) is 0 Å². The summed E-state index contributed by atoms with van der Waals surface area (Å²) in [5.41, 5.74) is 2.49. The molecule has 2 heterocycles. The molecule has 1 amide bonds. The maximum absolute atomic E-state index is 12.8. The van der Waals surface area contributed by atoms with Crippen molar-refractivity contribution in [3.05, 3.63) is 76.4 Å². The molecule has 0 atom stereocenters. The number of rotatable bonds is 4. The van der Waals surface area contributed by atoms with Gasteiger partial charge in [-0.05, 0) is 23.8 Å². The number of anilines is 1. The van der Waals surface area contributed by atoms with Gasteiger partial charge in [0.25, 0.3) is 5.91 Å². The van der Waals surface area contributed by atoms with Gasteiger partial charge in [0.2, 0.25) is 5.88 Å². The van der Waals surface area contributed by atoms with Gasteiger partial charge in [0.05, 0.1) is 6.54 Å². The van der Waals surface area contributed by atoms with Gasteiger partial charge in [-0.2, -0.15) is 0 Å². The second kappa shape index (κ2) is 6.72. The molecule has 0 unspecified atom stereocenters. The largest absolute Gasteiger partial charge is 0.472 e. The highest BCUT2D eigenvalue weighted by atomic mass is 79.9. The Balaban J connectivity index is 1.53. The van der Waals surface area contributed by atoms with Gasteiger partial charge in [-0.1, -0.05) is 52.3 Å². The minimum absolute atomic E-state index is 0.0635. The van der Waals surface area contributed by atoms with E-state index in [1.807, 2.05) is 54.6 Å². The summed E-state index contributed by atoms with van der Waals surface area (Å²) in [6.07, 6.45) is 0. The molecule has 6 heteroatoms. The third kappa shape index (κ3) is 3.30. The van der Waals surface area contributed by atoms with Gasteiger partial charge in [-0.25, -0.2) is 0 Å². The molecule has 5 nitrogen and oxygen atoms in total. The topological polar surface area (TPSA) is 47.4 Å². The van der Waals surface area contributed by atoms with Crippen molar-refractivity contribution < 1.29 is 9.53 Å². The number of halogens is 1. The predicted octanol–water partition coefficient (Wildman–Crippen LogP) is 3.89. The molecule has 0 bridgehead atoms. The van der Waals surface area contributed by atoms with E-state index in [9.17, 15) is 4.79 Å². The van der Waals surface area contributed by atoms with Crippen molar-refractivity contribution in [3.8, 4) is 5.88 Å². The average Bonchev–Trinajstić information content (AvgIpc) is 3.05. The third-order valence-electron chi connectivity index (χ3n) is 4.11. The Morgan fingerprint density at radius 2 is 1.88 bits per heavy atom. The number of aromatic nitrogens is 2. The average molecular weight is 398 g/mol. The fourth-order valence-electron chi connectivity index (χ4n) is 2.86. The predicted molar refractivity (Wildman–Crippen MR) is 98.8 cm³/mol. The van der Waals surface area contributed by atoms with E-state index in [1.165, 1.54) is 0 Å². The lowest BCUT2D eigenvalue weighted by Gasteiger charge is -2.27. The van der Waals surface area contributed by atoms with Crippen LogP contribution in [0.25, 0.3) is 0 Å². The molecular formula is C19H16BrN3O2. The smallest absolute Gasteiger partial charge is 0.276 e. The first-order valence-corrected chi connectivity index (χ1v) is 8.82. The monoisotopic (exact) mass is 397 g/mol. The van der Waals surface area contributed by atoms with Gasteiger partial charge >= 0.3 is 0 Å². The Morgan fingerprint density at radius 3 is 2.68 bits per heavy atom. The summed E-state index contributed by atoms with van der Waals surface area (Å²) < 4.78 is 8.41. The number of hydrogen-bond acceptors (Lipinski definition) is 3. The molecule has 1 aliphatic rings. The normalized spacial score (nSPS) is 13.6. The first-order valence-electron chi connectivity index (χ1n) is 8.03. The van der Waals surface area contributed by atoms with E-state index in [-0.39, 0.29) is 5.91 Å². The Morgan fingerprint density at radius 1 is 1.04 bits per heavy atom. The number of amides is 1. The van der Waals surface area contributed by atoms with Crippen LogP contribution >= 0.6 is 15.9 Å². The zero-order valence-electron chi connectivity index (χ0n) is 13.4. The number of carbonyl (C=O) groups is 1. The van der Waals surface area contributed by atoms with Crippen molar-refractivity contribution in [1.29, 1.82) is 0 Å². The summed E-state index contributed by atoms with van der Waals surface area (Å²) in [6.45, 7) is 1.66. The molecule has 1 aromatic heterocycles. The fraction of sp³-hybridized carbons (Fsp3) is 0.158. The number of carbonyl (C=O) groups excluding carboxylic acids is 1. The highest BCUT2D eigenvalue weighted by Crippen LogP contribution is 2.26.